The monoisotopic (exact) mass is 301 g/mol. The highest BCUT2D eigenvalue weighted by Crippen LogP contribution is 2.15. The second-order valence-corrected chi connectivity index (χ2v) is 6.88. The van der Waals surface area contributed by atoms with Crippen LogP contribution in [0.4, 0.5) is 0 Å². The third kappa shape index (κ3) is 15.6. The smallest absolute Gasteiger partial charge is 0.303 e. The highest BCUT2D eigenvalue weighted by Gasteiger charge is 2.14. The van der Waals surface area contributed by atoms with E-state index in [2.05, 4.69) is 12.2 Å². The highest BCUT2D eigenvalue weighted by molar-refractivity contribution is 5.67. The summed E-state index contributed by atoms with van der Waals surface area (Å²) in [5.41, 5.74) is -0.158. The molecule has 0 aliphatic heterocycles. The molecule has 2 N–H and O–H groups in total. The number of hydrogen-bond acceptors (Lipinski definition) is 3. The minimum Gasteiger partial charge on any atom is -0.481 e. The summed E-state index contributed by atoms with van der Waals surface area (Å²) in [6.07, 6.45) is 8.73. The molecule has 0 aromatic carbocycles. The van der Waals surface area contributed by atoms with Crippen LogP contribution in [0.2, 0.25) is 0 Å². The Morgan fingerprint density at radius 1 is 1.14 bits per heavy atom. The van der Waals surface area contributed by atoms with Crippen molar-refractivity contribution in [3.05, 3.63) is 0 Å². The normalized spacial score (nSPS) is 13.3. The Balaban J connectivity index is 3.79. The van der Waals surface area contributed by atoms with Gasteiger partial charge in [-0.2, -0.15) is 0 Å². The molecule has 0 spiro atoms. The molecule has 0 heterocycles. The third-order valence-electron chi connectivity index (χ3n) is 3.47. The maximum atomic E-state index is 10.9. The van der Waals surface area contributed by atoms with Gasteiger partial charge in [0.15, 0.2) is 0 Å². The van der Waals surface area contributed by atoms with E-state index in [1.807, 2.05) is 20.8 Å². The summed E-state index contributed by atoms with van der Waals surface area (Å²) in [4.78, 5) is 10.9. The van der Waals surface area contributed by atoms with Crippen LogP contribution >= 0.6 is 0 Å². The van der Waals surface area contributed by atoms with Crippen LogP contribution in [0.3, 0.4) is 0 Å². The Kier molecular flexibility index (Phi) is 11.6. The first-order chi connectivity index (χ1) is 9.85. The predicted octanol–water partition coefficient (Wildman–Crippen LogP) is 4.19. The summed E-state index contributed by atoms with van der Waals surface area (Å²) in [6, 6.07) is 0. The van der Waals surface area contributed by atoms with Crippen molar-refractivity contribution in [1.82, 2.24) is 5.32 Å². The Labute approximate surface area is 130 Å². The largest absolute Gasteiger partial charge is 0.481 e. The average molecular weight is 301 g/mol. The molecule has 0 aromatic rings. The minimum absolute atomic E-state index is 0.158. The Bertz CT molecular complexity index is 261. The van der Waals surface area contributed by atoms with Gasteiger partial charge in [0, 0.05) is 13.0 Å². The van der Waals surface area contributed by atoms with Gasteiger partial charge in [0.1, 0.15) is 0 Å². The lowest BCUT2D eigenvalue weighted by atomic mass is 9.97. The van der Waals surface area contributed by atoms with E-state index in [0.717, 1.165) is 19.4 Å². The first-order valence-electron chi connectivity index (χ1n) is 8.41. The number of hydrogen-bond donors (Lipinski definition) is 2. The average Bonchev–Trinajstić information content (AvgIpc) is 2.36. The highest BCUT2D eigenvalue weighted by atomic mass is 16.5. The van der Waals surface area contributed by atoms with E-state index in [0.29, 0.717) is 6.73 Å². The second-order valence-electron chi connectivity index (χ2n) is 6.88. The van der Waals surface area contributed by atoms with E-state index in [4.69, 9.17) is 9.84 Å². The van der Waals surface area contributed by atoms with Crippen molar-refractivity contribution in [2.24, 2.45) is 5.92 Å². The van der Waals surface area contributed by atoms with Crippen molar-refractivity contribution >= 4 is 5.97 Å². The standard InChI is InChI=1S/C17H35NO3/c1-5-6-7-8-9-10-11-15(12-16(19)20)13-18-14-21-17(2,3)4/h15,18H,5-14H2,1-4H3,(H,19,20). The number of ether oxygens (including phenoxy) is 1. The zero-order valence-electron chi connectivity index (χ0n) is 14.4. The fraction of sp³-hybridized carbons (Fsp3) is 0.941. The van der Waals surface area contributed by atoms with Gasteiger partial charge >= 0.3 is 5.97 Å². The van der Waals surface area contributed by atoms with Gasteiger partial charge < -0.3 is 9.84 Å². The first kappa shape index (κ1) is 20.4. The maximum absolute atomic E-state index is 10.9. The molecule has 0 amide bonds. The predicted molar refractivity (Wildman–Crippen MR) is 87.4 cm³/mol. The molecule has 0 saturated carbocycles. The molecule has 0 bridgehead atoms. The van der Waals surface area contributed by atoms with E-state index >= 15 is 0 Å². The topological polar surface area (TPSA) is 58.6 Å². The molecule has 0 fully saturated rings. The molecule has 1 unspecified atom stereocenters. The Morgan fingerprint density at radius 2 is 1.76 bits per heavy atom. The first-order valence-corrected chi connectivity index (χ1v) is 8.41. The molecule has 21 heavy (non-hydrogen) atoms. The zero-order chi connectivity index (χ0) is 16.1. The molecule has 0 aliphatic carbocycles. The van der Waals surface area contributed by atoms with E-state index in [1.54, 1.807) is 0 Å². The quantitative estimate of drug-likeness (QED) is 0.395. The van der Waals surface area contributed by atoms with Gasteiger partial charge in [-0.3, -0.25) is 10.1 Å². The number of carboxylic acid groups (broad SMARTS) is 1. The Hall–Kier alpha value is -0.610. The molecular weight excluding hydrogens is 266 g/mol. The lowest BCUT2D eigenvalue weighted by Gasteiger charge is -2.21. The molecule has 126 valence electrons. The van der Waals surface area contributed by atoms with Crippen molar-refractivity contribution < 1.29 is 14.6 Å². The van der Waals surface area contributed by atoms with Gasteiger partial charge in [-0.1, -0.05) is 45.4 Å². The van der Waals surface area contributed by atoms with Gasteiger partial charge in [-0.05, 0) is 33.1 Å². The summed E-state index contributed by atoms with van der Waals surface area (Å²) in [6.45, 7) is 9.46. The van der Waals surface area contributed by atoms with Crippen molar-refractivity contribution in [2.75, 3.05) is 13.3 Å². The SMILES string of the molecule is CCCCCCCCC(CNCOC(C)(C)C)CC(=O)O. The van der Waals surface area contributed by atoms with Crippen LogP contribution in [-0.2, 0) is 9.53 Å². The van der Waals surface area contributed by atoms with E-state index in [-0.39, 0.29) is 17.9 Å². The van der Waals surface area contributed by atoms with Crippen molar-refractivity contribution in [2.45, 2.75) is 84.7 Å². The number of aliphatic carboxylic acids is 1. The van der Waals surface area contributed by atoms with Gasteiger partial charge in [-0.15, -0.1) is 0 Å². The van der Waals surface area contributed by atoms with Crippen LogP contribution in [0.1, 0.15) is 79.1 Å². The number of carboxylic acids is 1. The maximum Gasteiger partial charge on any atom is 0.303 e. The van der Waals surface area contributed by atoms with Gasteiger partial charge in [0.05, 0.1) is 12.3 Å². The summed E-state index contributed by atoms with van der Waals surface area (Å²) in [5, 5.41) is 12.2. The minimum atomic E-state index is -0.704. The van der Waals surface area contributed by atoms with E-state index in [9.17, 15) is 4.79 Å². The van der Waals surface area contributed by atoms with Crippen LogP contribution in [0, 0.1) is 5.92 Å². The molecule has 0 saturated heterocycles. The molecular formula is C17H35NO3. The van der Waals surface area contributed by atoms with Crippen LogP contribution < -0.4 is 5.32 Å². The van der Waals surface area contributed by atoms with Gasteiger partial charge in [0.2, 0.25) is 0 Å². The van der Waals surface area contributed by atoms with Crippen molar-refractivity contribution in [1.29, 1.82) is 0 Å². The fourth-order valence-electron chi connectivity index (χ4n) is 2.27. The molecule has 4 nitrogen and oxygen atoms in total. The zero-order valence-corrected chi connectivity index (χ0v) is 14.4. The molecule has 4 heteroatoms. The molecule has 1 atom stereocenters. The summed E-state index contributed by atoms with van der Waals surface area (Å²) >= 11 is 0. The molecule has 0 radical (unpaired) electrons. The van der Waals surface area contributed by atoms with E-state index in [1.165, 1.54) is 32.1 Å². The van der Waals surface area contributed by atoms with Crippen LogP contribution in [0.25, 0.3) is 0 Å². The summed E-state index contributed by atoms with van der Waals surface area (Å²) in [7, 11) is 0. The number of unbranched alkanes of at least 4 members (excludes halogenated alkanes) is 5. The fourth-order valence-corrected chi connectivity index (χ4v) is 2.27. The van der Waals surface area contributed by atoms with Crippen LogP contribution in [0.5, 0.6) is 0 Å². The molecule has 0 rings (SSSR count). The Morgan fingerprint density at radius 3 is 2.33 bits per heavy atom. The van der Waals surface area contributed by atoms with E-state index < -0.39 is 5.97 Å². The van der Waals surface area contributed by atoms with Crippen molar-refractivity contribution in [3.8, 4) is 0 Å². The van der Waals surface area contributed by atoms with Gasteiger partial charge in [0.25, 0.3) is 0 Å². The second kappa shape index (κ2) is 12.0. The molecule has 0 aliphatic rings. The number of nitrogens with one attached hydrogen (secondary N) is 1. The lowest BCUT2D eigenvalue weighted by molar-refractivity contribution is -0.138. The van der Waals surface area contributed by atoms with Gasteiger partial charge in [-0.25, -0.2) is 0 Å². The van der Waals surface area contributed by atoms with Crippen molar-refractivity contribution in [3.63, 3.8) is 0 Å². The van der Waals surface area contributed by atoms with Crippen LogP contribution in [-0.4, -0.2) is 30.0 Å². The third-order valence-corrected chi connectivity index (χ3v) is 3.47. The summed E-state index contributed by atoms with van der Waals surface area (Å²) < 4.78 is 5.60. The molecule has 0 aromatic heterocycles. The summed E-state index contributed by atoms with van der Waals surface area (Å²) in [5.74, 6) is -0.498. The number of rotatable bonds is 13. The van der Waals surface area contributed by atoms with Crippen LogP contribution in [0.15, 0.2) is 0 Å². The number of carbonyl (C=O) groups is 1. The lowest BCUT2D eigenvalue weighted by Crippen LogP contribution is -2.31.